The van der Waals surface area contributed by atoms with E-state index in [1.54, 1.807) is 0 Å². The topological polar surface area (TPSA) is 29.9 Å². The highest BCUT2D eigenvalue weighted by Gasteiger charge is 2.24. The highest BCUT2D eigenvalue weighted by molar-refractivity contribution is 5.19. The Balaban J connectivity index is 1.91. The van der Waals surface area contributed by atoms with Gasteiger partial charge in [0.2, 0.25) is 0 Å². The van der Waals surface area contributed by atoms with Crippen molar-refractivity contribution in [3.8, 4) is 0 Å². The lowest BCUT2D eigenvalue weighted by Gasteiger charge is -2.19. The van der Waals surface area contributed by atoms with E-state index < -0.39 is 0 Å². The van der Waals surface area contributed by atoms with Gasteiger partial charge in [-0.1, -0.05) is 12.8 Å². The number of hydrogen-bond donors (Lipinski definition) is 1. The fourth-order valence-corrected chi connectivity index (χ4v) is 2.38. The van der Waals surface area contributed by atoms with E-state index in [2.05, 4.69) is 31.2 Å². The molecule has 0 saturated heterocycles. The van der Waals surface area contributed by atoms with Crippen molar-refractivity contribution in [3.63, 3.8) is 0 Å². The molecule has 1 fully saturated rings. The van der Waals surface area contributed by atoms with Crippen LogP contribution in [0.5, 0.6) is 0 Å². The molecule has 1 heterocycles. The molecule has 0 aromatic carbocycles. The Kier molecular flexibility index (Phi) is 3.33. The first-order chi connectivity index (χ1) is 7.58. The third-order valence-corrected chi connectivity index (χ3v) is 3.66. The van der Waals surface area contributed by atoms with E-state index in [0.717, 1.165) is 5.92 Å². The standard InChI is InChI=1S/C13H23N3/c1-9(7-12-5-6-12)15-10(2)13-8-14-16(4)11(13)3/h8-10,12,15H,5-7H2,1-4H3. The van der Waals surface area contributed by atoms with Crippen molar-refractivity contribution in [2.24, 2.45) is 13.0 Å². The Bertz CT molecular complexity index is 352. The fourth-order valence-electron chi connectivity index (χ4n) is 2.38. The molecule has 90 valence electrons. The lowest BCUT2D eigenvalue weighted by molar-refractivity contribution is 0.437. The second-order valence-corrected chi connectivity index (χ2v) is 5.28. The molecule has 2 atom stereocenters. The van der Waals surface area contributed by atoms with Gasteiger partial charge in [0.25, 0.3) is 0 Å². The zero-order valence-electron chi connectivity index (χ0n) is 10.8. The van der Waals surface area contributed by atoms with E-state index in [1.807, 2.05) is 17.9 Å². The molecule has 0 aliphatic heterocycles. The van der Waals surface area contributed by atoms with Crippen LogP contribution in [0.25, 0.3) is 0 Å². The molecule has 1 aliphatic carbocycles. The maximum atomic E-state index is 4.29. The minimum Gasteiger partial charge on any atom is -0.308 e. The van der Waals surface area contributed by atoms with Crippen LogP contribution in [0.1, 0.15) is 50.4 Å². The molecule has 1 N–H and O–H groups in total. The van der Waals surface area contributed by atoms with Gasteiger partial charge in [-0.25, -0.2) is 0 Å². The van der Waals surface area contributed by atoms with E-state index in [4.69, 9.17) is 0 Å². The molecule has 0 radical (unpaired) electrons. The number of aryl methyl sites for hydroxylation is 1. The predicted molar refractivity (Wildman–Crippen MR) is 66.3 cm³/mol. The molecule has 1 saturated carbocycles. The molecule has 0 amide bonds. The summed E-state index contributed by atoms with van der Waals surface area (Å²) in [6.07, 6.45) is 6.18. The monoisotopic (exact) mass is 221 g/mol. The summed E-state index contributed by atoms with van der Waals surface area (Å²) in [6.45, 7) is 6.65. The molecule has 16 heavy (non-hydrogen) atoms. The predicted octanol–water partition coefficient (Wildman–Crippen LogP) is 2.57. The van der Waals surface area contributed by atoms with E-state index in [0.29, 0.717) is 12.1 Å². The maximum absolute atomic E-state index is 4.29. The van der Waals surface area contributed by atoms with Gasteiger partial charge in [-0.15, -0.1) is 0 Å². The van der Waals surface area contributed by atoms with Gasteiger partial charge in [0.15, 0.2) is 0 Å². The van der Waals surface area contributed by atoms with Gasteiger partial charge >= 0.3 is 0 Å². The molecule has 0 bridgehead atoms. The average Bonchev–Trinajstić information content (AvgIpc) is 2.94. The van der Waals surface area contributed by atoms with Crippen molar-refractivity contribution < 1.29 is 0 Å². The van der Waals surface area contributed by atoms with Crippen LogP contribution >= 0.6 is 0 Å². The zero-order chi connectivity index (χ0) is 11.7. The summed E-state index contributed by atoms with van der Waals surface area (Å²) in [6, 6.07) is 1.02. The Morgan fingerprint density at radius 1 is 1.50 bits per heavy atom. The number of nitrogens with one attached hydrogen (secondary N) is 1. The first-order valence-electron chi connectivity index (χ1n) is 6.32. The second-order valence-electron chi connectivity index (χ2n) is 5.28. The van der Waals surface area contributed by atoms with Crippen molar-refractivity contribution in [3.05, 3.63) is 17.5 Å². The lowest BCUT2D eigenvalue weighted by atomic mass is 10.1. The van der Waals surface area contributed by atoms with Crippen molar-refractivity contribution in [2.75, 3.05) is 0 Å². The van der Waals surface area contributed by atoms with Crippen molar-refractivity contribution >= 4 is 0 Å². The van der Waals surface area contributed by atoms with Gasteiger partial charge in [0.1, 0.15) is 0 Å². The van der Waals surface area contributed by atoms with Crippen LogP contribution in [-0.4, -0.2) is 15.8 Å². The molecule has 3 heteroatoms. The van der Waals surface area contributed by atoms with Crippen molar-refractivity contribution in [1.29, 1.82) is 0 Å². The first kappa shape index (κ1) is 11.6. The number of hydrogen-bond acceptors (Lipinski definition) is 2. The maximum Gasteiger partial charge on any atom is 0.0540 e. The van der Waals surface area contributed by atoms with Crippen LogP contribution in [0.15, 0.2) is 6.20 Å². The van der Waals surface area contributed by atoms with Gasteiger partial charge in [-0.2, -0.15) is 5.10 Å². The van der Waals surface area contributed by atoms with Crippen LogP contribution in [-0.2, 0) is 7.05 Å². The number of aromatic nitrogens is 2. The van der Waals surface area contributed by atoms with Gasteiger partial charge in [-0.3, -0.25) is 4.68 Å². The van der Waals surface area contributed by atoms with Crippen LogP contribution in [0.2, 0.25) is 0 Å². The molecule has 0 spiro atoms. The van der Waals surface area contributed by atoms with Crippen LogP contribution in [0, 0.1) is 12.8 Å². The summed E-state index contributed by atoms with van der Waals surface area (Å²) in [5.41, 5.74) is 2.59. The molecule has 3 nitrogen and oxygen atoms in total. The quantitative estimate of drug-likeness (QED) is 0.828. The summed E-state index contributed by atoms with van der Waals surface area (Å²) >= 11 is 0. The van der Waals surface area contributed by atoms with Crippen LogP contribution in [0.3, 0.4) is 0 Å². The second kappa shape index (κ2) is 4.58. The average molecular weight is 221 g/mol. The largest absolute Gasteiger partial charge is 0.308 e. The Labute approximate surface area is 98.2 Å². The SMILES string of the molecule is Cc1c(C(C)NC(C)CC2CC2)cnn1C. The third-order valence-electron chi connectivity index (χ3n) is 3.66. The highest BCUT2D eigenvalue weighted by Crippen LogP contribution is 2.33. The number of nitrogens with zero attached hydrogens (tertiary/aromatic N) is 2. The minimum absolute atomic E-state index is 0.405. The molecule has 2 rings (SSSR count). The summed E-state index contributed by atoms with van der Waals surface area (Å²) in [4.78, 5) is 0. The van der Waals surface area contributed by atoms with Gasteiger partial charge in [0, 0.05) is 30.4 Å². The van der Waals surface area contributed by atoms with Crippen molar-refractivity contribution in [2.45, 2.75) is 52.1 Å². The summed E-state index contributed by atoms with van der Waals surface area (Å²) < 4.78 is 1.94. The minimum atomic E-state index is 0.405. The van der Waals surface area contributed by atoms with Gasteiger partial charge < -0.3 is 5.32 Å². The molecule has 2 unspecified atom stereocenters. The van der Waals surface area contributed by atoms with E-state index in [-0.39, 0.29) is 0 Å². The summed E-state index contributed by atoms with van der Waals surface area (Å²) in [5, 5.41) is 7.96. The summed E-state index contributed by atoms with van der Waals surface area (Å²) in [7, 11) is 2.00. The highest BCUT2D eigenvalue weighted by atomic mass is 15.3. The Morgan fingerprint density at radius 3 is 2.69 bits per heavy atom. The zero-order valence-corrected chi connectivity index (χ0v) is 10.8. The third kappa shape index (κ3) is 2.64. The van der Waals surface area contributed by atoms with E-state index in [9.17, 15) is 0 Å². The summed E-state index contributed by atoms with van der Waals surface area (Å²) in [5.74, 6) is 0.990. The van der Waals surface area contributed by atoms with Crippen LogP contribution < -0.4 is 5.32 Å². The Hall–Kier alpha value is -0.830. The molecular formula is C13H23N3. The molecule has 1 aromatic heterocycles. The van der Waals surface area contributed by atoms with E-state index >= 15 is 0 Å². The number of rotatable bonds is 5. The van der Waals surface area contributed by atoms with Crippen LogP contribution in [0.4, 0.5) is 0 Å². The van der Waals surface area contributed by atoms with Gasteiger partial charge in [-0.05, 0) is 33.1 Å². The smallest absolute Gasteiger partial charge is 0.0540 e. The first-order valence-corrected chi connectivity index (χ1v) is 6.32. The van der Waals surface area contributed by atoms with Gasteiger partial charge in [0.05, 0.1) is 6.20 Å². The Morgan fingerprint density at radius 2 is 2.19 bits per heavy atom. The fraction of sp³-hybridized carbons (Fsp3) is 0.769. The van der Waals surface area contributed by atoms with Crippen molar-refractivity contribution in [1.82, 2.24) is 15.1 Å². The lowest BCUT2D eigenvalue weighted by Crippen LogP contribution is -2.29. The molecule has 1 aliphatic rings. The molecule has 1 aromatic rings. The normalized spacial score (nSPS) is 19.8. The molecular weight excluding hydrogens is 198 g/mol. The van der Waals surface area contributed by atoms with E-state index in [1.165, 1.54) is 30.5 Å².